The molecule has 1 aromatic rings. The van der Waals surface area contributed by atoms with Crippen molar-refractivity contribution in [3.8, 4) is 0 Å². The average molecular weight is 262 g/mol. The Morgan fingerprint density at radius 3 is 2.42 bits per heavy atom. The third kappa shape index (κ3) is 2.05. The van der Waals surface area contributed by atoms with Crippen LogP contribution in [0.3, 0.4) is 0 Å². The monoisotopic (exact) mass is 262 g/mol. The van der Waals surface area contributed by atoms with Gasteiger partial charge in [0, 0.05) is 12.8 Å². The molecular weight excluding hydrogens is 244 g/mol. The summed E-state index contributed by atoms with van der Waals surface area (Å²) >= 11 is 0. The number of aromatic nitrogens is 3. The van der Waals surface area contributed by atoms with E-state index in [2.05, 4.69) is 15.2 Å². The van der Waals surface area contributed by atoms with Gasteiger partial charge in [0.2, 0.25) is 11.8 Å². The van der Waals surface area contributed by atoms with Gasteiger partial charge in [0.05, 0.1) is 6.04 Å². The Bertz CT molecular complexity index is 471. The minimum absolute atomic E-state index is 0.0498. The molecule has 0 aromatic carbocycles. The first kappa shape index (κ1) is 12.3. The number of carbonyl (C=O) groups excluding carboxylic acids is 2. The van der Waals surface area contributed by atoms with E-state index in [1.54, 1.807) is 0 Å². The molecule has 1 N–H and O–H groups in total. The maximum Gasteiger partial charge on any atom is 0.230 e. The molecule has 1 atom stereocenters. The number of imide groups is 1. The number of piperidine rings is 1. The van der Waals surface area contributed by atoms with Crippen LogP contribution >= 0.6 is 0 Å². The lowest BCUT2D eigenvalue weighted by Gasteiger charge is -2.39. The predicted octanol–water partition coefficient (Wildman–Crippen LogP) is 1.58. The Hall–Kier alpha value is -1.72. The zero-order chi connectivity index (χ0) is 13.5. The van der Waals surface area contributed by atoms with E-state index in [-0.39, 0.29) is 23.3 Å². The molecule has 1 saturated heterocycles. The molecule has 6 heteroatoms. The fourth-order valence-electron chi connectivity index (χ4n) is 3.46. The van der Waals surface area contributed by atoms with E-state index in [0.29, 0.717) is 18.7 Å². The quantitative estimate of drug-likeness (QED) is 0.821. The van der Waals surface area contributed by atoms with Crippen LogP contribution in [0.5, 0.6) is 0 Å². The molecular formula is C13H18N4O2. The standard InChI is InChI=1S/C13H18N4O2/c1-9(12-14-8-15-16-12)17-10(18)6-13(7-11(17)19)4-2-3-5-13/h8-9H,2-7H2,1H3,(H,14,15,16). The highest BCUT2D eigenvalue weighted by molar-refractivity contribution is 5.99. The van der Waals surface area contributed by atoms with Crippen LogP contribution in [0.15, 0.2) is 6.33 Å². The van der Waals surface area contributed by atoms with Crippen LogP contribution in [0, 0.1) is 5.41 Å². The maximum atomic E-state index is 12.3. The van der Waals surface area contributed by atoms with Crippen molar-refractivity contribution in [1.82, 2.24) is 20.1 Å². The second-order valence-corrected chi connectivity index (χ2v) is 5.76. The number of aromatic amines is 1. The molecule has 1 aliphatic carbocycles. The van der Waals surface area contributed by atoms with Crippen molar-refractivity contribution in [2.75, 3.05) is 0 Å². The van der Waals surface area contributed by atoms with Crippen molar-refractivity contribution < 1.29 is 9.59 Å². The first-order chi connectivity index (χ1) is 9.11. The molecule has 2 aliphatic rings. The Labute approximate surface area is 111 Å². The first-order valence-corrected chi connectivity index (χ1v) is 6.81. The molecule has 3 rings (SSSR count). The van der Waals surface area contributed by atoms with Gasteiger partial charge in [-0.25, -0.2) is 4.98 Å². The fraction of sp³-hybridized carbons (Fsp3) is 0.692. The van der Waals surface area contributed by atoms with Crippen molar-refractivity contribution in [3.63, 3.8) is 0 Å². The average Bonchev–Trinajstić information content (AvgIpc) is 2.99. The van der Waals surface area contributed by atoms with Crippen molar-refractivity contribution in [2.45, 2.75) is 51.5 Å². The van der Waals surface area contributed by atoms with Gasteiger partial charge >= 0.3 is 0 Å². The number of H-pyrrole nitrogens is 1. The molecule has 1 unspecified atom stereocenters. The number of nitrogens with zero attached hydrogens (tertiary/aromatic N) is 3. The number of amides is 2. The zero-order valence-electron chi connectivity index (χ0n) is 11.1. The molecule has 2 heterocycles. The van der Waals surface area contributed by atoms with Gasteiger partial charge < -0.3 is 0 Å². The minimum atomic E-state index is -0.360. The van der Waals surface area contributed by atoms with Crippen LogP contribution in [0.4, 0.5) is 0 Å². The van der Waals surface area contributed by atoms with E-state index in [4.69, 9.17) is 0 Å². The maximum absolute atomic E-state index is 12.3. The lowest BCUT2D eigenvalue weighted by molar-refractivity contribution is -0.156. The van der Waals surface area contributed by atoms with Crippen LogP contribution in [0.2, 0.25) is 0 Å². The molecule has 1 aromatic heterocycles. The van der Waals surface area contributed by atoms with Gasteiger partial charge in [-0.05, 0) is 25.2 Å². The summed E-state index contributed by atoms with van der Waals surface area (Å²) in [5, 5.41) is 6.50. The minimum Gasteiger partial charge on any atom is -0.274 e. The topological polar surface area (TPSA) is 79.0 Å². The van der Waals surface area contributed by atoms with Gasteiger partial charge in [-0.3, -0.25) is 19.6 Å². The number of likely N-dealkylation sites (tertiary alicyclic amines) is 1. The van der Waals surface area contributed by atoms with Gasteiger partial charge in [0.25, 0.3) is 0 Å². The predicted molar refractivity (Wildman–Crippen MR) is 66.8 cm³/mol. The second kappa shape index (κ2) is 4.43. The molecule has 0 bridgehead atoms. The Balaban J connectivity index is 1.81. The van der Waals surface area contributed by atoms with E-state index in [0.717, 1.165) is 25.7 Å². The number of hydrogen-bond donors (Lipinski definition) is 1. The Kier molecular flexibility index (Phi) is 2.88. The van der Waals surface area contributed by atoms with Crippen LogP contribution in [-0.4, -0.2) is 31.9 Å². The van der Waals surface area contributed by atoms with Gasteiger partial charge in [-0.15, -0.1) is 0 Å². The molecule has 1 aliphatic heterocycles. The number of hydrogen-bond acceptors (Lipinski definition) is 4. The summed E-state index contributed by atoms with van der Waals surface area (Å²) in [7, 11) is 0. The Morgan fingerprint density at radius 1 is 1.26 bits per heavy atom. The van der Waals surface area contributed by atoms with Gasteiger partial charge in [0.15, 0.2) is 0 Å². The highest BCUT2D eigenvalue weighted by Crippen LogP contribution is 2.47. The highest BCUT2D eigenvalue weighted by Gasteiger charge is 2.46. The van der Waals surface area contributed by atoms with Gasteiger partial charge in [-0.2, -0.15) is 5.10 Å². The van der Waals surface area contributed by atoms with Crippen LogP contribution in [0.25, 0.3) is 0 Å². The summed E-state index contributed by atoms with van der Waals surface area (Å²) in [4.78, 5) is 30.1. The van der Waals surface area contributed by atoms with Crippen molar-refractivity contribution in [1.29, 1.82) is 0 Å². The molecule has 0 radical (unpaired) electrons. The molecule has 6 nitrogen and oxygen atoms in total. The highest BCUT2D eigenvalue weighted by atomic mass is 16.2. The van der Waals surface area contributed by atoms with Crippen molar-refractivity contribution in [3.05, 3.63) is 12.2 Å². The summed E-state index contributed by atoms with van der Waals surface area (Å²) in [6.07, 6.45) is 6.68. The van der Waals surface area contributed by atoms with Crippen LogP contribution < -0.4 is 0 Å². The van der Waals surface area contributed by atoms with E-state index in [9.17, 15) is 9.59 Å². The molecule has 102 valence electrons. The molecule has 1 spiro atoms. The summed E-state index contributed by atoms with van der Waals surface area (Å²) in [5.41, 5.74) is -0.0498. The van der Waals surface area contributed by atoms with E-state index < -0.39 is 0 Å². The lowest BCUT2D eigenvalue weighted by atomic mass is 9.76. The second-order valence-electron chi connectivity index (χ2n) is 5.76. The Morgan fingerprint density at radius 2 is 1.89 bits per heavy atom. The van der Waals surface area contributed by atoms with Gasteiger partial charge in [-0.1, -0.05) is 12.8 Å². The number of nitrogens with one attached hydrogen (secondary N) is 1. The van der Waals surface area contributed by atoms with Crippen LogP contribution in [-0.2, 0) is 9.59 Å². The molecule has 19 heavy (non-hydrogen) atoms. The van der Waals surface area contributed by atoms with E-state index >= 15 is 0 Å². The smallest absolute Gasteiger partial charge is 0.230 e. The summed E-state index contributed by atoms with van der Waals surface area (Å²) < 4.78 is 0. The van der Waals surface area contributed by atoms with Crippen molar-refractivity contribution in [2.24, 2.45) is 5.41 Å². The van der Waals surface area contributed by atoms with E-state index in [1.807, 2.05) is 6.92 Å². The normalized spacial score (nSPS) is 24.2. The summed E-state index contributed by atoms with van der Waals surface area (Å²) in [6, 6.07) is -0.360. The SMILES string of the molecule is CC(c1ncn[nH]1)N1C(=O)CC2(CCCC2)CC1=O. The largest absolute Gasteiger partial charge is 0.274 e. The fourth-order valence-corrected chi connectivity index (χ4v) is 3.46. The first-order valence-electron chi connectivity index (χ1n) is 6.81. The number of carbonyl (C=O) groups is 2. The van der Waals surface area contributed by atoms with E-state index in [1.165, 1.54) is 11.2 Å². The third-order valence-electron chi connectivity index (χ3n) is 4.47. The summed E-state index contributed by atoms with van der Waals surface area (Å²) in [6.45, 7) is 1.81. The number of rotatable bonds is 2. The van der Waals surface area contributed by atoms with Gasteiger partial charge in [0.1, 0.15) is 12.2 Å². The van der Waals surface area contributed by atoms with Crippen molar-refractivity contribution >= 4 is 11.8 Å². The lowest BCUT2D eigenvalue weighted by Crippen LogP contribution is -2.48. The third-order valence-corrected chi connectivity index (χ3v) is 4.47. The zero-order valence-corrected chi connectivity index (χ0v) is 11.1. The molecule has 2 amide bonds. The molecule has 2 fully saturated rings. The molecule has 1 saturated carbocycles. The summed E-state index contributed by atoms with van der Waals surface area (Å²) in [5.74, 6) is 0.424. The van der Waals surface area contributed by atoms with Crippen LogP contribution in [0.1, 0.15) is 57.3 Å².